The number of methoxy groups -OCH3 is 1. The van der Waals surface area contributed by atoms with Crippen molar-refractivity contribution < 1.29 is 28.7 Å². The van der Waals surface area contributed by atoms with Crippen molar-refractivity contribution in [3.8, 4) is 0 Å². The Balaban J connectivity index is 2.49. The highest BCUT2D eigenvalue weighted by molar-refractivity contribution is 6.01. The van der Waals surface area contributed by atoms with Gasteiger partial charge in [0.1, 0.15) is 5.60 Å². The van der Waals surface area contributed by atoms with Gasteiger partial charge in [0.05, 0.1) is 6.61 Å². The number of carbonyl (C=O) groups is 3. The lowest BCUT2D eigenvalue weighted by Crippen LogP contribution is -2.38. The van der Waals surface area contributed by atoms with E-state index in [1.165, 1.54) is 7.11 Å². The van der Waals surface area contributed by atoms with Crippen molar-refractivity contribution in [2.75, 3.05) is 13.7 Å². The van der Waals surface area contributed by atoms with E-state index in [0.29, 0.717) is 5.06 Å². The highest BCUT2D eigenvalue weighted by atomic mass is 16.8. The van der Waals surface area contributed by atoms with E-state index in [4.69, 9.17) is 9.47 Å². The zero-order chi connectivity index (χ0) is 13.1. The lowest BCUT2D eigenvalue weighted by atomic mass is 10.1. The third-order valence-electron chi connectivity index (χ3n) is 2.02. The zero-order valence-corrected chi connectivity index (χ0v) is 10.0. The number of hydroxylamine groups is 2. The van der Waals surface area contributed by atoms with Crippen LogP contribution >= 0.6 is 0 Å². The van der Waals surface area contributed by atoms with Crippen LogP contribution in [0, 0.1) is 0 Å². The second-order valence-corrected chi connectivity index (χ2v) is 4.22. The van der Waals surface area contributed by atoms with Gasteiger partial charge in [0, 0.05) is 20.0 Å². The van der Waals surface area contributed by atoms with E-state index >= 15 is 0 Å². The van der Waals surface area contributed by atoms with Crippen LogP contribution in [0.15, 0.2) is 0 Å². The van der Waals surface area contributed by atoms with Gasteiger partial charge < -0.3 is 9.47 Å². The molecule has 0 aromatic heterocycles. The molecule has 1 fully saturated rings. The van der Waals surface area contributed by atoms with Gasteiger partial charge in [-0.15, -0.1) is 0 Å². The summed E-state index contributed by atoms with van der Waals surface area (Å²) in [6.45, 7) is 3.40. The minimum atomic E-state index is -1.10. The van der Waals surface area contributed by atoms with E-state index in [0.717, 1.165) is 0 Å². The van der Waals surface area contributed by atoms with Crippen molar-refractivity contribution in [2.45, 2.75) is 32.3 Å². The van der Waals surface area contributed by atoms with Gasteiger partial charge >= 0.3 is 6.16 Å². The number of carbonyl (C=O) groups excluding carboxylic acids is 3. The van der Waals surface area contributed by atoms with Gasteiger partial charge in [-0.2, -0.15) is 0 Å². The van der Waals surface area contributed by atoms with Crippen molar-refractivity contribution in [1.29, 1.82) is 0 Å². The smallest absolute Gasteiger partial charge is 0.424 e. The molecule has 2 amide bonds. The summed E-state index contributed by atoms with van der Waals surface area (Å²) in [5.41, 5.74) is -0.891. The Morgan fingerprint density at radius 3 is 2.29 bits per heavy atom. The number of hydrogen-bond donors (Lipinski definition) is 0. The monoisotopic (exact) mass is 245 g/mol. The molecule has 0 radical (unpaired) electrons. The molecule has 7 nitrogen and oxygen atoms in total. The van der Waals surface area contributed by atoms with Gasteiger partial charge in [-0.3, -0.25) is 14.4 Å². The van der Waals surface area contributed by atoms with E-state index in [9.17, 15) is 14.4 Å². The van der Waals surface area contributed by atoms with Crippen LogP contribution in [0.25, 0.3) is 0 Å². The minimum absolute atomic E-state index is 0.0492. The fourth-order valence-corrected chi connectivity index (χ4v) is 1.35. The molecule has 1 aliphatic rings. The molecule has 1 heterocycles. The second-order valence-electron chi connectivity index (χ2n) is 4.22. The number of imide groups is 1. The summed E-state index contributed by atoms with van der Waals surface area (Å²) < 4.78 is 9.74. The van der Waals surface area contributed by atoms with Crippen LogP contribution in [0.5, 0.6) is 0 Å². The standard InChI is InChI=1S/C10H15NO6/c1-10(2,6-15-3)16-9(14)17-11-7(12)4-5-8(11)13/h4-6H2,1-3H3. The first-order valence-electron chi connectivity index (χ1n) is 5.11. The predicted octanol–water partition coefficient (Wildman–Crippen LogP) is 0.629. The zero-order valence-electron chi connectivity index (χ0n) is 10.0. The Morgan fingerprint density at radius 1 is 1.29 bits per heavy atom. The Morgan fingerprint density at radius 2 is 1.82 bits per heavy atom. The molecule has 0 bridgehead atoms. The average molecular weight is 245 g/mol. The Bertz CT molecular complexity index is 322. The third kappa shape index (κ3) is 3.70. The number of hydrogen-bond acceptors (Lipinski definition) is 6. The lowest BCUT2D eigenvalue weighted by molar-refractivity contribution is -0.182. The van der Waals surface area contributed by atoms with Gasteiger partial charge in [-0.25, -0.2) is 4.79 Å². The normalized spacial score (nSPS) is 16.3. The van der Waals surface area contributed by atoms with Crippen molar-refractivity contribution in [3.63, 3.8) is 0 Å². The van der Waals surface area contributed by atoms with E-state index in [2.05, 4.69) is 4.84 Å². The van der Waals surface area contributed by atoms with Crippen LogP contribution in [0.1, 0.15) is 26.7 Å². The molecule has 1 rings (SSSR count). The van der Waals surface area contributed by atoms with Crippen molar-refractivity contribution in [2.24, 2.45) is 0 Å². The van der Waals surface area contributed by atoms with Gasteiger partial charge in [0.15, 0.2) is 0 Å². The van der Waals surface area contributed by atoms with Crippen molar-refractivity contribution >= 4 is 18.0 Å². The summed E-state index contributed by atoms with van der Waals surface area (Å²) in [7, 11) is 1.46. The molecule has 0 aliphatic carbocycles. The molecule has 1 saturated heterocycles. The van der Waals surface area contributed by atoms with Gasteiger partial charge in [0.25, 0.3) is 11.8 Å². The fourth-order valence-electron chi connectivity index (χ4n) is 1.35. The van der Waals surface area contributed by atoms with Crippen LogP contribution in [-0.4, -0.2) is 42.4 Å². The van der Waals surface area contributed by atoms with Crippen molar-refractivity contribution in [1.82, 2.24) is 5.06 Å². The number of rotatable bonds is 4. The van der Waals surface area contributed by atoms with Gasteiger partial charge in [0.2, 0.25) is 0 Å². The first kappa shape index (κ1) is 13.4. The molecule has 0 atom stereocenters. The van der Waals surface area contributed by atoms with E-state index in [1.807, 2.05) is 0 Å². The molecular formula is C10H15NO6. The largest absolute Gasteiger partial charge is 0.534 e. The summed E-state index contributed by atoms with van der Waals surface area (Å²) in [5, 5.41) is 0.436. The van der Waals surface area contributed by atoms with Crippen LogP contribution in [0.2, 0.25) is 0 Å². The lowest BCUT2D eigenvalue weighted by Gasteiger charge is -2.24. The Kier molecular flexibility index (Phi) is 4.06. The topological polar surface area (TPSA) is 82.1 Å². The average Bonchev–Trinajstić information content (AvgIpc) is 2.48. The first-order valence-corrected chi connectivity index (χ1v) is 5.11. The molecule has 1 aliphatic heterocycles. The van der Waals surface area contributed by atoms with Crippen molar-refractivity contribution in [3.05, 3.63) is 0 Å². The Hall–Kier alpha value is -1.63. The van der Waals surface area contributed by atoms with Crippen LogP contribution in [0.4, 0.5) is 4.79 Å². The SMILES string of the molecule is COCC(C)(C)OC(=O)ON1C(=O)CCC1=O. The maximum atomic E-state index is 11.3. The molecule has 0 spiro atoms. The third-order valence-corrected chi connectivity index (χ3v) is 2.02. The highest BCUT2D eigenvalue weighted by Crippen LogP contribution is 2.15. The first-order chi connectivity index (χ1) is 7.85. The van der Waals surface area contributed by atoms with Crippen LogP contribution < -0.4 is 0 Å². The van der Waals surface area contributed by atoms with E-state index in [1.54, 1.807) is 13.8 Å². The fraction of sp³-hybridized carbons (Fsp3) is 0.700. The molecule has 7 heteroatoms. The summed E-state index contributed by atoms with van der Waals surface area (Å²) in [4.78, 5) is 38.2. The molecule has 0 aromatic rings. The van der Waals surface area contributed by atoms with E-state index in [-0.39, 0.29) is 19.4 Å². The maximum Gasteiger partial charge on any atom is 0.534 e. The minimum Gasteiger partial charge on any atom is -0.424 e. The van der Waals surface area contributed by atoms with Crippen LogP contribution in [-0.2, 0) is 23.9 Å². The van der Waals surface area contributed by atoms with Gasteiger partial charge in [-0.1, -0.05) is 5.06 Å². The summed E-state index contributed by atoms with van der Waals surface area (Å²) >= 11 is 0. The molecule has 0 aromatic carbocycles. The molecule has 0 saturated carbocycles. The summed E-state index contributed by atoms with van der Waals surface area (Å²) in [6.07, 6.45) is -1.00. The molecule has 17 heavy (non-hydrogen) atoms. The summed E-state index contributed by atoms with van der Waals surface area (Å²) in [5.74, 6) is -1.09. The molecule has 0 N–H and O–H groups in total. The molecule has 0 unspecified atom stereocenters. The maximum absolute atomic E-state index is 11.3. The van der Waals surface area contributed by atoms with Crippen LogP contribution in [0.3, 0.4) is 0 Å². The predicted molar refractivity (Wildman–Crippen MR) is 54.6 cm³/mol. The molecule has 96 valence electrons. The number of amides is 2. The number of ether oxygens (including phenoxy) is 2. The number of nitrogens with zero attached hydrogens (tertiary/aromatic N) is 1. The highest BCUT2D eigenvalue weighted by Gasteiger charge is 2.35. The second kappa shape index (κ2) is 5.13. The quantitative estimate of drug-likeness (QED) is 0.533. The van der Waals surface area contributed by atoms with E-state index < -0.39 is 23.6 Å². The summed E-state index contributed by atoms with van der Waals surface area (Å²) in [6, 6.07) is 0. The molecular weight excluding hydrogens is 230 g/mol. The van der Waals surface area contributed by atoms with Gasteiger partial charge in [-0.05, 0) is 13.8 Å². The Labute approximate surface area is 98.6 Å².